The fraction of sp³-hybridized carbons (Fsp3) is 0.667. The highest BCUT2D eigenvalue weighted by atomic mass is 16.5. The molecule has 0 unspecified atom stereocenters. The Hall–Kier alpha value is -1.69. The standard InChI is InChI=1S/C15H21N5O/c1-21-11-4-2-5-15(11)6-3-7-20(8-15)14-12-13(17-9-16-12)18-10-19-14/h9-11H,2-8H2,1H3,(H,16,17,18,19)/t11-,15+/m1/s1. The van der Waals surface area contributed by atoms with Gasteiger partial charge in [0.25, 0.3) is 0 Å². The number of imidazole rings is 1. The number of aromatic nitrogens is 4. The van der Waals surface area contributed by atoms with Crippen LogP contribution in [0.1, 0.15) is 32.1 Å². The highest BCUT2D eigenvalue weighted by Crippen LogP contribution is 2.47. The van der Waals surface area contributed by atoms with Crippen LogP contribution >= 0.6 is 0 Å². The summed E-state index contributed by atoms with van der Waals surface area (Å²) in [5.74, 6) is 0.985. The molecule has 1 aliphatic heterocycles. The second-order valence-electron chi connectivity index (χ2n) is 6.30. The smallest absolute Gasteiger partial charge is 0.182 e. The van der Waals surface area contributed by atoms with Crippen LogP contribution in [0.25, 0.3) is 11.2 Å². The van der Waals surface area contributed by atoms with Crippen LogP contribution in [0.2, 0.25) is 0 Å². The first-order valence-corrected chi connectivity index (χ1v) is 7.74. The summed E-state index contributed by atoms with van der Waals surface area (Å²) in [6.07, 6.45) is 9.87. The summed E-state index contributed by atoms with van der Waals surface area (Å²) in [7, 11) is 1.86. The van der Waals surface area contributed by atoms with Crippen molar-refractivity contribution in [1.82, 2.24) is 19.9 Å². The Kier molecular flexibility index (Phi) is 3.06. The third kappa shape index (κ3) is 2.00. The monoisotopic (exact) mass is 287 g/mol. The third-order valence-corrected chi connectivity index (χ3v) is 5.22. The van der Waals surface area contributed by atoms with Crippen LogP contribution < -0.4 is 4.90 Å². The number of hydrogen-bond acceptors (Lipinski definition) is 5. The molecule has 1 spiro atoms. The molecule has 4 rings (SSSR count). The maximum atomic E-state index is 5.78. The van der Waals surface area contributed by atoms with Crippen LogP contribution in [0.5, 0.6) is 0 Å². The summed E-state index contributed by atoms with van der Waals surface area (Å²) < 4.78 is 5.78. The molecule has 1 aliphatic carbocycles. The first kappa shape index (κ1) is 13.0. The predicted octanol–water partition coefficient (Wildman–Crippen LogP) is 2.14. The Morgan fingerprint density at radius 1 is 1.29 bits per heavy atom. The highest BCUT2D eigenvalue weighted by molar-refractivity contribution is 5.82. The van der Waals surface area contributed by atoms with E-state index in [0.717, 1.165) is 30.1 Å². The Morgan fingerprint density at radius 2 is 2.19 bits per heavy atom. The Morgan fingerprint density at radius 3 is 3.10 bits per heavy atom. The van der Waals surface area contributed by atoms with Gasteiger partial charge in [-0.25, -0.2) is 15.0 Å². The highest BCUT2D eigenvalue weighted by Gasteiger charge is 2.46. The van der Waals surface area contributed by atoms with Crippen LogP contribution in [-0.2, 0) is 4.74 Å². The summed E-state index contributed by atoms with van der Waals surface area (Å²) in [6.45, 7) is 2.07. The summed E-state index contributed by atoms with van der Waals surface area (Å²) in [6, 6.07) is 0. The van der Waals surface area contributed by atoms with Gasteiger partial charge in [0.2, 0.25) is 0 Å². The molecule has 0 bridgehead atoms. The number of H-pyrrole nitrogens is 1. The van der Waals surface area contributed by atoms with Crippen molar-refractivity contribution in [1.29, 1.82) is 0 Å². The zero-order valence-corrected chi connectivity index (χ0v) is 12.4. The van der Waals surface area contributed by atoms with Crippen molar-refractivity contribution in [2.75, 3.05) is 25.1 Å². The number of methoxy groups -OCH3 is 1. The summed E-state index contributed by atoms with van der Waals surface area (Å²) in [5, 5.41) is 0. The lowest BCUT2D eigenvalue weighted by Crippen LogP contribution is -2.48. The molecule has 1 saturated heterocycles. The van der Waals surface area contributed by atoms with Crippen LogP contribution in [-0.4, -0.2) is 46.2 Å². The molecular weight excluding hydrogens is 266 g/mol. The van der Waals surface area contributed by atoms with Gasteiger partial charge in [-0.05, 0) is 25.7 Å². The number of nitrogens with zero attached hydrogens (tertiary/aromatic N) is 4. The molecule has 0 amide bonds. The SMILES string of the molecule is CO[C@@H]1CCC[C@@]12CCCN(c1ncnc3nc[nH]c13)C2. The fourth-order valence-electron chi connectivity index (χ4n) is 4.27. The number of aromatic amines is 1. The van der Waals surface area contributed by atoms with E-state index in [4.69, 9.17) is 4.74 Å². The maximum Gasteiger partial charge on any atom is 0.182 e. The fourth-order valence-corrected chi connectivity index (χ4v) is 4.27. The maximum absolute atomic E-state index is 5.78. The Bertz CT molecular complexity index is 642. The number of ether oxygens (including phenoxy) is 1. The van der Waals surface area contributed by atoms with Gasteiger partial charge in [-0.3, -0.25) is 0 Å². The topological polar surface area (TPSA) is 66.9 Å². The zero-order chi connectivity index (χ0) is 14.3. The molecule has 2 aliphatic rings. The zero-order valence-electron chi connectivity index (χ0n) is 12.4. The average molecular weight is 287 g/mol. The van der Waals surface area contributed by atoms with E-state index in [-0.39, 0.29) is 0 Å². The van der Waals surface area contributed by atoms with Crippen molar-refractivity contribution in [3.05, 3.63) is 12.7 Å². The summed E-state index contributed by atoms with van der Waals surface area (Å²) >= 11 is 0. The van der Waals surface area contributed by atoms with Gasteiger partial charge in [0, 0.05) is 25.6 Å². The Balaban J connectivity index is 1.68. The number of rotatable bonds is 2. The minimum atomic E-state index is 0.296. The van der Waals surface area contributed by atoms with E-state index < -0.39 is 0 Å². The van der Waals surface area contributed by atoms with Crippen LogP contribution in [0, 0.1) is 5.41 Å². The molecule has 6 nitrogen and oxygen atoms in total. The molecule has 21 heavy (non-hydrogen) atoms. The van der Waals surface area contributed by atoms with Gasteiger partial charge in [-0.1, -0.05) is 6.42 Å². The molecule has 6 heteroatoms. The molecule has 2 fully saturated rings. The molecular formula is C15H21N5O. The predicted molar refractivity (Wildman–Crippen MR) is 80.2 cm³/mol. The van der Waals surface area contributed by atoms with Crippen molar-refractivity contribution >= 4 is 17.0 Å². The van der Waals surface area contributed by atoms with Crippen molar-refractivity contribution in [3.63, 3.8) is 0 Å². The minimum Gasteiger partial charge on any atom is -0.381 e. The molecule has 0 radical (unpaired) electrons. The molecule has 2 aromatic rings. The lowest BCUT2D eigenvalue weighted by Gasteiger charge is -2.44. The van der Waals surface area contributed by atoms with Gasteiger partial charge in [-0.2, -0.15) is 0 Å². The third-order valence-electron chi connectivity index (χ3n) is 5.22. The normalized spacial score (nSPS) is 29.6. The number of piperidine rings is 1. The number of hydrogen-bond donors (Lipinski definition) is 1. The van der Waals surface area contributed by atoms with Crippen molar-refractivity contribution in [2.24, 2.45) is 5.41 Å². The first-order valence-electron chi connectivity index (χ1n) is 7.74. The average Bonchev–Trinajstić information content (AvgIpc) is 3.13. The van der Waals surface area contributed by atoms with E-state index >= 15 is 0 Å². The van der Waals surface area contributed by atoms with Crippen molar-refractivity contribution in [3.8, 4) is 0 Å². The van der Waals surface area contributed by atoms with Crippen LogP contribution in [0.15, 0.2) is 12.7 Å². The van der Waals surface area contributed by atoms with E-state index in [9.17, 15) is 0 Å². The molecule has 3 heterocycles. The van der Waals surface area contributed by atoms with Gasteiger partial charge in [-0.15, -0.1) is 0 Å². The van der Waals surface area contributed by atoms with E-state index in [0.29, 0.717) is 11.5 Å². The number of nitrogens with one attached hydrogen (secondary N) is 1. The molecule has 2 aromatic heterocycles. The van der Waals surface area contributed by atoms with E-state index in [2.05, 4.69) is 24.8 Å². The van der Waals surface area contributed by atoms with Gasteiger partial charge in [0.15, 0.2) is 11.5 Å². The molecule has 0 aromatic carbocycles. The Labute approximate surface area is 123 Å². The van der Waals surface area contributed by atoms with Crippen molar-refractivity contribution in [2.45, 2.75) is 38.2 Å². The summed E-state index contributed by atoms with van der Waals surface area (Å²) in [4.78, 5) is 18.5. The quantitative estimate of drug-likeness (QED) is 0.916. The molecule has 2 atom stereocenters. The van der Waals surface area contributed by atoms with E-state index in [1.54, 1.807) is 12.7 Å². The van der Waals surface area contributed by atoms with E-state index in [1.165, 1.54) is 32.1 Å². The van der Waals surface area contributed by atoms with Crippen molar-refractivity contribution < 1.29 is 4.74 Å². The first-order chi connectivity index (χ1) is 10.3. The van der Waals surface area contributed by atoms with Crippen LogP contribution in [0.4, 0.5) is 5.82 Å². The number of fused-ring (bicyclic) bond motifs is 1. The molecule has 1 saturated carbocycles. The van der Waals surface area contributed by atoms with Gasteiger partial charge < -0.3 is 14.6 Å². The van der Waals surface area contributed by atoms with Gasteiger partial charge in [0.1, 0.15) is 11.8 Å². The molecule has 1 N–H and O–H groups in total. The largest absolute Gasteiger partial charge is 0.381 e. The lowest BCUT2D eigenvalue weighted by atomic mass is 9.76. The second kappa shape index (κ2) is 4.94. The minimum absolute atomic E-state index is 0.296. The molecule has 112 valence electrons. The second-order valence-corrected chi connectivity index (χ2v) is 6.30. The van der Waals surface area contributed by atoms with Crippen LogP contribution in [0.3, 0.4) is 0 Å². The lowest BCUT2D eigenvalue weighted by molar-refractivity contribution is 0.00220. The van der Waals surface area contributed by atoms with Gasteiger partial charge in [0.05, 0.1) is 12.4 Å². The van der Waals surface area contributed by atoms with Gasteiger partial charge >= 0.3 is 0 Å². The van der Waals surface area contributed by atoms with E-state index in [1.807, 2.05) is 7.11 Å². The number of anilines is 1. The summed E-state index contributed by atoms with van der Waals surface area (Å²) in [5.41, 5.74) is 1.99.